The average molecular weight is 144 g/mol. The van der Waals surface area contributed by atoms with E-state index in [0.29, 0.717) is 0 Å². The van der Waals surface area contributed by atoms with Crippen molar-refractivity contribution in [3.05, 3.63) is 24.9 Å². The lowest BCUT2D eigenvalue weighted by Gasteiger charge is -1.77. The Kier molecular flexibility index (Phi) is 66.3. The molecule has 0 bridgehead atoms. The summed E-state index contributed by atoms with van der Waals surface area (Å²) >= 11 is 0. The van der Waals surface area contributed by atoms with Gasteiger partial charge in [0.25, 0.3) is 0 Å². The summed E-state index contributed by atoms with van der Waals surface area (Å²) in [5, 5.41) is 0. The second-order valence-electron chi connectivity index (χ2n) is 0.761. The maximum Gasteiger partial charge on any atom is 0.0122 e. The first-order chi connectivity index (χ1) is 4.91. The fraction of sp³-hybridized carbons (Fsp3) is 0.500. The van der Waals surface area contributed by atoms with E-state index in [9.17, 15) is 0 Å². The quantitative estimate of drug-likeness (QED) is 0.354. The number of hydrazine groups is 1. The third-order valence-corrected chi connectivity index (χ3v) is 0.329. The van der Waals surface area contributed by atoms with Gasteiger partial charge in [0.2, 0.25) is 0 Å². The summed E-state index contributed by atoms with van der Waals surface area (Å²) in [6.45, 7) is 11.4. The second kappa shape index (κ2) is 41.1. The zero-order valence-electron chi connectivity index (χ0n) is 7.52. The minimum atomic E-state index is 1.59. The van der Waals surface area contributed by atoms with Crippen LogP contribution in [0.4, 0.5) is 0 Å². The Labute approximate surface area is 64.8 Å². The maximum absolute atomic E-state index is 4.83. The second-order valence-corrected chi connectivity index (χ2v) is 0.761. The van der Waals surface area contributed by atoms with Crippen LogP contribution in [0.3, 0.4) is 0 Å². The van der Waals surface area contributed by atoms with Gasteiger partial charge in [0.15, 0.2) is 0 Å². The minimum Gasteiger partial charge on any atom is -0.331 e. The summed E-state index contributed by atoms with van der Waals surface area (Å²) in [5.74, 6) is 4.83. The van der Waals surface area contributed by atoms with Gasteiger partial charge in [0.1, 0.15) is 0 Å². The molecule has 3 N–H and O–H groups in total. The lowest BCUT2D eigenvalue weighted by molar-refractivity contribution is 0.968. The van der Waals surface area contributed by atoms with Gasteiger partial charge < -0.3 is 5.43 Å². The molecule has 0 rings (SSSR count). The summed E-state index contributed by atoms with van der Waals surface area (Å²) in [5.41, 5.74) is 2.32. The van der Waals surface area contributed by atoms with Gasteiger partial charge in [-0.2, -0.15) is 0 Å². The first-order valence-corrected chi connectivity index (χ1v) is 3.65. The maximum atomic E-state index is 4.83. The minimum absolute atomic E-state index is 1.59. The van der Waals surface area contributed by atoms with Crippen LogP contribution in [0, 0.1) is 0 Å². The molecule has 0 heterocycles. The summed E-state index contributed by atoms with van der Waals surface area (Å²) in [7, 11) is 0. The van der Waals surface area contributed by atoms with Gasteiger partial charge in [-0.25, -0.2) is 0 Å². The summed E-state index contributed by atoms with van der Waals surface area (Å²) in [6.07, 6.45) is 4.94. The Bertz CT molecular complexity index is 58.3. The first kappa shape index (κ1) is 16.1. The van der Waals surface area contributed by atoms with Crippen LogP contribution < -0.4 is 11.3 Å². The largest absolute Gasteiger partial charge is 0.331 e. The molecule has 0 aromatic heterocycles. The molecule has 0 amide bonds. The fourth-order valence-corrected chi connectivity index (χ4v) is 0.124. The monoisotopic (exact) mass is 144 g/mol. The number of rotatable bonds is 2. The number of nitrogens with two attached hydrogens (primary N) is 1. The zero-order valence-corrected chi connectivity index (χ0v) is 7.52. The van der Waals surface area contributed by atoms with E-state index in [4.69, 9.17) is 5.84 Å². The van der Waals surface area contributed by atoms with E-state index in [1.54, 1.807) is 18.4 Å². The molecule has 0 saturated carbocycles. The molecule has 0 aliphatic heterocycles. The lowest BCUT2D eigenvalue weighted by Crippen LogP contribution is -2.12. The van der Waals surface area contributed by atoms with Crippen molar-refractivity contribution < 1.29 is 0 Å². The van der Waals surface area contributed by atoms with E-state index < -0.39 is 0 Å². The van der Waals surface area contributed by atoms with Gasteiger partial charge in [0.05, 0.1) is 0 Å². The summed E-state index contributed by atoms with van der Waals surface area (Å²) in [6, 6.07) is 0. The summed E-state index contributed by atoms with van der Waals surface area (Å²) in [4.78, 5) is 0. The molecule has 0 aromatic carbocycles. The van der Waals surface area contributed by atoms with Crippen molar-refractivity contribution in [3.63, 3.8) is 0 Å². The Morgan fingerprint density at radius 1 is 1.20 bits per heavy atom. The van der Waals surface area contributed by atoms with E-state index in [0.717, 1.165) is 0 Å². The zero-order chi connectivity index (χ0) is 8.83. The van der Waals surface area contributed by atoms with Crippen LogP contribution in [0.2, 0.25) is 0 Å². The highest BCUT2D eigenvalue weighted by Gasteiger charge is 1.49. The van der Waals surface area contributed by atoms with Gasteiger partial charge in [-0.1, -0.05) is 40.3 Å². The molecule has 0 fully saturated rings. The topological polar surface area (TPSA) is 38.0 Å². The molecule has 0 atom stereocenters. The van der Waals surface area contributed by atoms with Crippen molar-refractivity contribution in [2.24, 2.45) is 5.84 Å². The van der Waals surface area contributed by atoms with Gasteiger partial charge in [-0.05, 0) is 6.08 Å². The van der Waals surface area contributed by atoms with Crippen molar-refractivity contribution in [2.45, 2.75) is 27.7 Å². The Morgan fingerprint density at radius 2 is 1.60 bits per heavy atom. The fourth-order valence-electron chi connectivity index (χ4n) is 0.124. The smallest absolute Gasteiger partial charge is 0.0122 e. The lowest BCUT2D eigenvalue weighted by atomic mass is 10.6. The van der Waals surface area contributed by atoms with E-state index >= 15 is 0 Å². The number of allylic oxidation sites excluding steroid dienone is 2. The Hall–Kier alpha value is -0.760. The molecular weight excluding hydrogens is 124 g/mol. The predicted octanol–water partition coefficient (Wildman–Crippen LogP) is 2.20. The first-order valence-electron chi connectivity index (χ1n) is 3.65. The molecule has 62 valence electrons. The van der Waals surface area contributed by atoms with Crippen LogP contribution in [0.5, 0.6) is 0 Å². The summed E-state index contributed by atoms with van der Waals surface area (Å²) < 4.78 is 0. The van der Waals surface area contributed by atoms with Crippen LogP contribution in [0.25, 0.3) is 0 Å². The number of hydrogen-bond acceptors (Lipinski definition) is 2. The molecule has 2 nitrogen and oxygen atoms in total. The van der Waals surface area contributed by atoms with Crippen LogP contribution in [-0.2, 0) is 0 Å². The van der Waals surface area contributed by atoms with E-state index in [-0.39, 0.29) is 0 Å². The molecular formula is C8H20N2. The Balaban J connectivity index is -0.000000105. The molecule has 2 heteroatoms. The third-order valence-electron chi connectivity index (χ3n) is 0.329. The Morgan fingerprint density at radius 3 is 1.70 bits per heavy atom. The van der Waals surface area contributed by atoms with Crippen molar-refractivity contribution in [1.29, 1.82) is 0 Å². The van der Waals surface area contributed by atoms with Crippen molar-refractivity contribution in [2.75, 3.05) is 0 Å². The highest BCUT2D eigenvalue weighted by Crippen LogP contribution is 1.60. The normalized spacial score (nSPS) is 6.50. The van der Waals surface area contributed by atoms with Crippen LogP contribution in [-0.4, -0.2) is 0 Å². The SMILES string of the molecule is C=C/C=C\NN.CC.CC. The third kappa shape index (κ3) is 56.2. The van der Waals surface area contributed by atoms with Gasteiger partial charge >= 0.3 is 0 Å². The van der Waals surface area contributed by atoms with Gasteiger partial charge in [0, 0.05) is 6.20 Å². The van der Waals surface area contributed by atoms with Crippen LogP contribution in [0.1, 0.15) is 27.7 Å². The molecule has 0 aromatic rings. The predicted molar refractivity (Wildman–Crippen MR) is 49.4 cm³/mol. The molecule has 0 aliphatic rings. The van der Waals surface area contributed by atoms with Crippen molar-refractivity contribution in [1.82, 2.24) is 5.43 Å². The number of hydrogen-bond donors (Lipinski definition) is 2. The van der Waals surface area contributed by atoms with E-state index in [2.05, 4.69) is 12.0 Å². The van der Waals surface area contributed by atoms with Crippen LogP contribution in [0.15, 0.2) is 24.9 Å². The van der Waals surface area contributed by atoms with Crippen LogP contribution >= 0.6 is 0 Å². The van der Waals surface area contributed by atoms with Crippen molar-refractivity contribution >= 4 is 0 Å². The molecule has 0 unspecified atom stereocenters. The van der Waals surface area contributed by atoms with Gasteiger partial charge in [-0.15, -0.1) is 0 Å². The molecule has 0 aliphatic carbocycles. The molecule has 10 heavy (non-hydrogen) atoms. The average Bonchev–Trinajstić information content (AvgIpc) is 2.08. The van der Waals surface area contributed by atoms with E-state index in [1.165, 1.54) is 0 Å². The standard InChI is InChI=1S/C4H8N2.2C2H6/c1-2-3-4-6-5;2*1-2/h2-4,6H,1,5H2;2*1-2H3/b4-3-;;. The van der Waals surface area contributed by atoms with Crippen molar-refractivity contribution in [3.8, 4) is 0 Å². The molecule has 0 spiro atoms. The highest BCUT2D eigenvalue weighted by atomic mass is 15.2. The molecule has 0 radical (unpaired) electrons. The molecule has 0 saturated heterocycles. The van der Waals surface area contributed by atoms with Gasteiger partial charge in [-0.3, -0.25) is 5.84 Å². The highest BCUT2D eigenvalue weighted by molar-refractivity contribution is 4.94. The van der Waals surface area contributed by atoms with E-state index in [1.807, 2.05) is 27.7 Å². The number of nitrogens with one attached hydrogen (secondary N) is 1.